The maximum atomic E-state index is 12.8. The number of benzene rings is 2. The zero-order valence-corrected chi connectivity index (χ0v) is 16.1. The summed E-state index contributed by atoms with van der Waals surface area (Å²) in [5.41, 5.74) is 3.67. The van der Waals surface area contributed by atoms with Gasteiger partial charge in [-0.3, -0.25) is 4.79 Å². The summed E-state index contributed by atoms with van der Waals surface area (Å²) < 4.78 is 0. The van der Waals surface area contributed by atoms with Crippen molar-refractivity contribution in [1.29, 1.82) is 0 Å². The lowest BCUT2D eigenvalue weighted by molar-refractivity contribution is -0.135. The average molecular weight is 351 g/mol. The molecule has 138 valence electrons. The molecule has 2 aromatic carbocycles. The molecule has 4 nitrogen and oxygen atoms in total. The molecule has 0 unspecified atom stereocenters. The molecule has 1 saturated heterocycles. The summed E-state index contributed by atoms with van der Waals surface area (Å²) in [5.74, 6) is 0.305. The minimum absolute atomic E-state index is 0.0309. The predicted molar refractivity (Wildman–Crippen MR) is 109 cm³/mol. The van der Waals surface area contributed by atoms with Gasteiger partial charge >= 0.3 is 0 Å². The molecule has 1 aliphatic heterocycles. The number of carbonyl (C=O) groups is 1. The Bertz CT molecular complexity index is 704. The molecule has 1 amide bonds. The number of nitrogens with zero attached hydrogens (tertiary/aromatic N) is 3. The number of piperazine rings is 1. The van der Waals surface area contributed by atoms with E-state index in [0.29, 0.717) is 0 Å². The van der Waals surface area contributed by atoms with Crippen LogP contribution >= 0.6 is 0 Å². The first-order chi connectivity index (χ1) is 12.5. The van der Waals surface area contributed by atoms with Crippen molar-refractivity contribution in [2.45, 2.75) is 13.3 Å². The Hall–Kier alpha value is -2.49. The number of amides is 1. The molecule has 1 fully saturated rings. The molecule has 0 aliphatic carbocycles. The molecule has 0 saturated carbocycles. The average Bonchev–Trinajstić information content (AvgIpc) is 2.68. The number of hydrogen-bond acceptors (Lipinski definition) is 3. The van der Waals surface area contributed by atoms with Crippen LogP contribution in [0, 0.1) is 5.92 Å². The minimum atomic E-state index is 0.0309. The standard InChI is InChI=1S/C22H29N3O/c1-18(17-19-7-5-4-6-8-19)22(26)25-15-13-24(14-16-25)21-11-9-20(10-12-21)23(2)3/h4-12,18H,13-17H2,1-3H3/t18-/m1/s1. The van der Waals surface area contributed by atoms with Crippen LogP contribution in [0.3, 0.4) is 0 Å². The Morgan fingerprint density at radius 3 is 2.15 bits per heavy atom. The fraction of sp³-hybridized carbons (Fsp3) is 0.409. The summed E-state index contributed by atoms with van der Waals surface area (Å²) in [6.07, 6.45) is 0.811. The molecule has 0 aromatic heterocycles. The monoisotopic (exact) mass is 351 g/mol. The van der Waals surface area contributed by atoms with Crippen LogP contribution in [0.5, 0.6) is 0 Å². The highest BCUT2D eigenvalue weighted by Crippen LogP contribution is 2.21. The van der Waals surface area contributed by atoms with Crippen molar-refractivity contribution in [3.05, 3.63) is 60.2 Å². The van der Waals surface area contributed by atoms with Gasteiger partial charge < -0.3 is 14.7 Å². The van der Waals surface area contributed by atoms with E-state index >= 15 is 0 Å². The second-order valence-corrected chi connectivity index (χ2v) is 7.31. The Balaban J connectivity index is 1.53. The van der Waals surface area contributed by atoms with Crippen LogP contribution in [0.25, 0.3) is 0 Å². The zero-order valence-electron chi connectivity index (χ0n) is 16.1. The van der Waals surface area contributed by atoms with E-state index in [1.165, 1.54) is 16.9 Å². The first-order valence-electron chi connectivity index (χ1n) is 9.39. The van der Waals surface area contributed by atoms with Crippen LogP contribution < -0.4 is 9.80 Å². The zero-order chi connectivity index (χ0) is 18.5. The van der Waals surface area contributed by atoms with Gasteiger partial charge in [-0.1, -0.05) is 37.3 Å². The van der Waals surface area contributed by atoms with Crippen molar-refractivity contribution in [2.24, 2.45) is 5.92 Å². The van der Waals surface area contributed by atoms with Gasteiger partial charge in [0.25, 0.3) is 0 Å². The summed E-state index contributed by atoms with van der Waals surface area (Å²) in [4.78, 5) is 19.3. The SMILES string of the molecule is C[C@H](Cc1ccccc1)C(=O)N1CCN(c2ccc(N(C)C)cc2)CC1. The van der Waals surface area contributed by atoms with E-state index in [4.69, 9.17) is 0 Å². The van der Waals surface area contributed by atoms with Crippen LogP contribution in [0.1, 0.15) is 12.5 Å². The maximum Gasteiger partial charge on any atom is 0.225 e. The Labute approximate surface area is 157 Å². The van der Waals surface area contributed by atoms with Gasteiger partial charge in [0, 0.05) is 57.6 Å². The smallest absolute Gasteiger partial charge is 0.225 e. The molecule has 1 heterocycles. The van der Waals surface area contributed by atoms with Crippen molar-refractivity contribution >= 4 is 17.3 Å². The van der Waals surface area contributed by atoms with Crippen molar-refractivity contribution < 1.29 is 4.79 Å². The van der Waals surface area contributed by atoms with Gasteiger partial charge in [0.2, 0.25) is 5.91 Å². The minimum Gasteiger partial charge on any atom is -0.378 e. The summed E-state index contributed by atoms with van der Waals surface area (Å²) in [7, 11) is 4.10. The van der Waals surface area contributed by atoms with Gasteiger partial charge in [-0.25, -0.2) is 0 Å². The maximum absolute atomic E-state index is 12.8. The lowest BCUT2D eigenvalue weighted by Crippen LogP contribution is -2.50. The summed E-state index contributed by atoms with van der Waals surface area (Å²) in [6, 6.07) is 18.9. The first-order valence-corrected chi connectivity index (χ1v) is 9.39. The van der Waals surface area contributed by atoms with E-state index in [0.717, 1.165) is 32.6 Å². The number of anilines is 2. The lowest BCUT2D eigenvalue weighted by atomic mass is 9.99. The van der Waals surface area contributed by atoms with Crippen LogP contribution in [-0.2, 0) is 11.2 Å². The lowest BCUT2D eigenvalue weighted by Gasteiger charge is -2.37. The normalized spacial score (nSPS) is 15.7. The van der Waals surface area contributed by atoms with Crippen molar-refractivity contribution in [1.82, 2.24) is 4.90 Å². The van der Waals surface area contributed by atoms with E-state index < -0.39 is 0 Å². The molecule has 1 aliphatic rings. The molecule has 4 heteroatoms. The molecule has 1 atom stereocenters. The van der Waals surface area contributed by atoms with E-state index in [-0.39, 0.29) is 11.8 Å². The third kappa shape index (κ3) is 4.37. The van der Waals surface area contributed by atoms with Gasteiger partial charge in [0.05, 0.1) is 0 Å². The molecular formula is C22H29N3O. The van der Waals surface area contributed by atoms with Crippen LogP contribution in [0.2, 0.25) is 0 Å². The predicted octanol–water partition coefficient (Wildman–Crippen LogP) is 3.28. The Morgan fingerprint density at radius 1 is 0.962 bits per heavy atom. The third-order valence-electron chi connectivity index (χ3n) is 5.13. The molecule has 0 radical (unpaired) electrons. The largest absolute Gasteiger partial charge is 0.378 e. The van der Waals surface area contributed by atoms with E-state index in [9.17, 15) is 4.79 Å². The van der Waals surface area contributed by atoms with E-state index in [1.54, 1.807) is 0 Å². The summed E-state index contributed by atoms with van der Waals surface area (Å²) >= 11 is 0. The first kappa shape index (κ1) is 18.3. The van der Waals surface area contributed by atoms with Crippen molar-refractivity contribution in [3.8, 4) is 0 Å². The second-order valence-electron chi connectivity index (χ2n) is 7.31. The van der Waals surface area contributed by atoms with E-state index in [1.807, 2.05) is 30.0 Å². The third-order valence-corrected chi connectivity index (χ3v) is 5.13. The quantitative estimate of drug-likeness (QED) is 0.827. The Morgan fingerprint density at radius 2 is 1.58 bits per heavy atom. The Kier molecular flexibility index (Phi) is 5.82. The molecule has 26 heavy (non-hydrogen) atoms. The number of hydrogen-bond donors (Lipinski definition) is 0. The van der Waals surface area contributed by atoms with Crippen molar-refractivity contribution in [3.63, 3.8) is 0 Å². The van der Waals surface area contributed by atoms with Crippen LogP contribution in [0.15, 0.2) is 54.6 Å². The molecule has 2 aromatic rings. The topological polar surface area (TPSA) is 26.8 Å². The highest BCUT2D eigenvalue weighted by molar-refractivity contribution is 5.79. The van der Waals surface area contributed by atoms with Crippen molar-refractivity contribution in [2.75, 3.05) is 50.1 Å². The number of carbonyl (C=O) groups excluding carboxylic acids is 1. The molecule has 0 bridgehead atoms. The van der Waals surface area contributed by atoms with Crippen LogP contribution in [0.4, 0.5) is 11.4 Å². The summed E-state index contributed by atoms with van der Waals surface area (Å²) in [6.45, 7) is 5.43. The van der Waals surface area contributed by atoms with Gasteiger partial charge in [0.15, 0.2) is 0 Å². The van der Waals surface area contributed by atoms with E-state index in [2.05, 4.69) is 60.3 Å². The molecule has 0 spiro atoms. The number of rotatable bonds is 5. The van der Waals surface area contributed by atoms with Crippen LogP contribution in [-0.4, -0.2) is 51.1 Å². The summed E-state index contributed by atoms with van der Waals surface area (Å²) in [5, 5.41) is 0. The van der Waals surface area contributed by atoms with Gasteiger partial charge in [-0.05, 0) is 36.2 Å². The van der Waals surface area contributed by atoms with Gasteiger partial charge in [-0.2, -0.15) is 0 Å². The fourth-order valence-corrected chi connectivity index (χ4v) is 3.51. The van der Waals surface area contributed by atoms with Gasteiger partial charge in [0.1, 0.15) is 0 Å². The fourth-order valence-electron chi connectivity index (χ4n) is 3.51. The highest BCUT2D eigenvalue weighted by atomic mass is 16.2. The molecule has 0 N–H and O–H groups in total. The van der Waals surface area contributed by atoms with Gasteiger partial charge in [-0.15, -0.1) is 0 Å². The highest BCUT2D eigenvalue weighted by Gasteiger charge is 2.25. The molecule has 3 rings (SSSR count). The second kappa shape index (κ2) is 8.26. The molecular weight excluding hydrogens is 322 g/mol.